The summed E-state index contributed by atoms with van der Waals surface area (Å²) in [7, 11) is 0. The Morgan fingerprint density at radius 2 is 2.09 bits per heavy atom. The number of nitrogens with one attached hydrogen (secondary N) is 2. The Kier molecular flexibility index (Phi) is 5.96. The Morgan fingerprint density at radius 3 is 2.67 bits per heavy atom. The van der Waals surface area contributed by atoms with Gasteiger partial charge in [0.2, 0.25) is 5.91 Å². The van der Waals surface area contributed by atoms with Gasteiger partial charge in [0.25, 0.3) is 5.91 Å². The van der Waals surface area contributed by atoms with Gasteiger partial charge in [-0.1, -0.05) is 5.16 Å². The molecule has 1 aromatic rings. The Balaban J connectivity index is 1.49. The van der Waals surface area contributed by atoms with Gasteiger partial charge in [0.05, 0.1) is 0 Å². The molecule has 3 fully saturated rings. The van der Waals surface area contributed by atoms with Crippen molar-refractivity contribution in [1.29, 1.82) is 0 Å². The number of fused-ring (bicyclic) bond motifs is 1. The zero-order valence-electron chi connectivity index (χ0n) is 17.5. The summed E-state index contributed by atoms with van der Waals surface area (Å²) >= 11 is 2.38. The number of carbonyl (C=O) groups excluding carboxylic acids is 2. The van der Waals surface area contributed by atoms with Gasteiger partial charge in [0.15, 0.2) is 10.8 Å². The van der Waals surface area contributed by atoms with Crippen molar-refractivity contribution >= 4 is 57.7 Å². The number of oxime groups is 1. The topological polar surface area (TPSA) is 197 Å². The van der Waals surface area contributed by atoms with Crippen molar-refractivity contribution in [3.8, 4) is 0 Å². The summed E-state index contributed by atoms with van der Waals surface area (Å²) in [6, 6.07) is -2.71. The molecule has 178 valence electrons. The van der Waals surface area contributed by atoms with Gasteiger partial charge in [-0.05, 0) is 13.8 Å². The smallest absolute Gasteiger partial charge is 0.327 e. The molecule has 33 heavy (non-hydrogen) atoms. The van der Waals surface area contributed by atoms with Gasteiger partial charge < -0.3 is 36.3 Å². The Bertz CT molecular complexity index is 1040. The maximum Gasteiger partial charge on any atom is 0.327 e. The van der Waals surface area contributed by atoms with Crippen LogP contribution in [0.3, 0.4) is 0 Å². The normalized spacial score (nSPS) is 30.5. The molecule has 1 aromatic heterocycles. The molecule has 0 unspecified atom stereocenters. The summed E-state index contributed by atoms with van der Waals surface area (Å²) < 4.78 is -0.731. The molecule has 3 saturated heterocycles. The number of anilines is 1. The Morgan fingerprint density at radius 1 is 1.36 bits per heavy atom. The van der Waals surface area contributed by atoms with Gasteiger partial charge in [-0.15, -0.1) is 23.1 Å². The van der Waals surface area contributed by atoms with E-state index in [4.69, 9.17) is 15.7 Å². The Hall–Kier alpha value is -2.91. The molecule has 0 spiro atoms. The van der Waals surface area contributed by atoms with Crippen LogP contribution in [0.2, 0.25) is 0 Å². The van der Waals surface area contributed by atoms with Gasteiger partial charge in [0, 0.05) is 23.1 Å². The number of nitrogens with zero attached hydrogens (tertiary/aromatic N) is 3. The first-order valence-electron chi connectivity index (χ1n) is 9.94. The van der Waals surface area contributed by atoms with Crippen LogP contribution in [0, 0.1) is 0 Å². The van der Waals surface area contributed by atoms with E-state index in [-0.39, 0.29) is 29.5 Å². The van der Waals surface area contributed by atoms with E-state index in [1.165, 1.54) is 22.0 Å². The lowest BCUT2D eigenvalue weighted by molar-refractivity contribution is -0.160. The molecular formula is C18H22N6O7S2. The summed E-state index contributed by atoms with van der Waals surface area (Å²) in [5, 5.41) is 29.1. The fourth-order valence-electron chi connectivity index (χ4n) is 4.05. The SMILES string of the molecule is CC1(C)S[C@@H]2[C@H](NC(=O)C(=NO[C@@H]3CN[C@H](C(=O)O)C3)c3csc(N)n3)C(=O)N2[C@H]1C(=O)O. The molecule has 4 rings (SSSR count). The van der Waals surface area contributed by atoms with Gasteiger partial charge in [0.1, 0.15) is 35.3 Å². The molecular weight excluding hydrogens is 476 g/mol. The summed E-state index contributed by atoms with van der Waals surface area (Å²) in [5.41, 5.74) is 5.60. The highest BCUT2D eigenvalue weighted by molar-refractivity contribution is 8.01. The molecule has 0 saturated carbocycles. The standard InChI is InChI=1S/C18H22N6O7S2/c1-18(2)11(16(29)30)24-13(26)10(14(24)33-18)22-12(25)9(8-5-32-17(19)21-8)23-31-6-3-7(15(27)28)20-4-6/h5-7,10-11,14,20H,3-4H2,1-2H3,(H2,19,21)(H,22,25)(H,27,28)(H,29,30)/t6-,7-,10+,11-,14+/m0/s1. The number of rotatable bonds is 7. The van der Waals surface area contributed by atoms with Crippen LogP contribution in [-0.4, -0.2) is 90.5 Å². The van der Waals surface area contributed by atoms with Crippen LogP contribution in [0.1, 0.15) is 26.0 Å². The number of hydrogen-bond donors (Lipinski definition) is 5. The van der Waals surface area contributed by atoms with E-state index in [1.54, 1.807) is 13.8 Å². The number of thioether (sulfide) groups is 1. The predicted molar refractivity (Wildman–Crippen MR) is 118 cm³/mol. The number of β-lactam (4-membered cyclic amide) rings is 1. The number of nitrogens with two attached hydrogens (primary N) is 1. The fraction of sp³-hybridized carbons (Fsp3) is 0.556. The third-order valence-electron chi connectivity index (χ3n) is 5.62. The van der Waals surface area contributed by atoms with Crippen molar-refractivity contribution in [2.75, 3.05) is 12.3 Å². The van der Waals surface area contributed by atoms with E-state index in [0.717, 1.165) is 11.3 Å². The number of carbonyl (C=O) groups is 4. The molecule has 3 aliphatic heterocycles. The molecule has 6 N–H and O–H groups in total. The summed E-state index contributed by atoms with van der Waals surface area (Å²) in [4.78, 5) is 59.2. The molecule has 4 heterocycles. The number of hydrogen-bond acceptors (Lipinski definition) is 11. The summed E-state index contributed by atoms with van der Waals surface area (Å²) in [6.45, 7) is 3.70. The second-order valence-electron chi connectivity index (χ2n) is 8.32. The first-order valence-corrected chi connectivity index (χ1v) is 11.7. The number of amides is 2. The lowest BCUT2D eigenvalue weighted by Crippen LogP contribution is -2.71. The minimum absolute atomic E-state index is 0.141. The lowest BCUT2D eigenvalue weighted by atomic mass is 9.96. The number of carboxylic acid groups (broad SMARTS) is 2. The average molecular weight is 499 g/mol. The third kappa shape index (κ3) is 4.22. The van der Waals surface area contributed by atoms with E-state index >= 15 is 0 Å². The van der Waals surface area contributed by atoms with E-state index < -0.39 is 58.1 Å². The van der Waals surface area contributed by atoms with Gasteiger partial charge in [-0.2, -0.15) is 0 Å². The van der Waals surface area contributed by atoms with Crippen LogP contribution < -0.4 is 16.4 Å². The molecule has 3 aliphatic rings. The van der Waals surface area contributed by atoms with Crippen molar-refractivity contribution < 1.29 is 34.2 Å². The van der Waals surface area contributed by atoms with Crippen molar-refractivity contribution in [3.63, 3.8) is 0 Å². The minimum Gasteiger partial charge on any atom is -0.480 e. The van der Waals surface area contributed by atoms with Crippen LogP contribution in [-0.2, 0) is 24.0 Å². The monoisotopic (exact) mass is 498 g/mol. The van der Waals surface area contributed by atoms with Gasteiger partial charge in [-0.25, -0.2) is 9.78 Å². The minimum atomic E-state index is -1.11. The average Bonchev–Trinajstić information content (AvgIpc) is 3.43. The van der Waals surface area contributed by atoms with E-state index in [2.05, 4.69) is 20.8 Å². The second-order valence-corrected chi connectivity index (χ2v) is 11.0. The van der Waals surface area contributed by atoms with Crippen LogP contribution in [0.4, 0.5) is 5.13 Å². The highest BCUT2D eigenvalue weighted by Gasteiger charge is 2.64. The molecule has 0 aliphatic carbocycles. The van der Waals surface area contributed by atoms with Crippen LogP contribution in [0.15, 0.2) is 10.5 Å². The largest absolute Gasteiger partial charge is 0.480 e. The lowest BCUT2D eigenvalue weighted by Gasteiger charge is -2.43. The number of carboxylic acids is 2. The second kappa shape index (κ2) is 8.46. The van der Waals surface area contributed by atoms with Crippen molar-refractivity contribution in [1.82, 2.24) is 20.5 Å². The van der Waals surface area contributed by atoms with E-state index in [1.807, 2.05) is 0 Å². The first-order chi connectivity index (χ1) is 15.5. The molecule has 13 nitrogen and oxygen atoms in total. The number of aliphatic carboxylic acids is 2. The van der Waals surface area contributed by atoms with Crippen molar-refractivity contribution in [2.24, 2.45) is 5.16 Å². The summed E-state index contributed by atoms with van der Waals surface area (Å²) in [5.74, 6) is -3.36. The number of thiazole rings is 1. The Labute approximate surface area is 195 Å². The van der Waals surface area contributed by atoms with Gasteiger partial charge in [-0.3, -0.25) is 14.4 Å². The molecule has 15 heteroatoms. The summed E-state index contributed by atoms with van der Waals surface area (Å²) in [6.07, 6.45) is -0.416. The molecule has 0 aromatic carbocycles. The maximum atomic E-state index is 13.0. The van der Waals surface area contributed by atoms with Crippen LogP contribution in [0.25, 0.3) is 0 Å². The quantitative estimate of drug-likeness (QED) is 0.174. The van der Waals surface area contributed by atoms with Crippen LogP contribution >= 0.6 is 23.1 Å². The molecule has 5 atom stereocenters. The predicted octanol–water partition coefficient (Wildman–Crippen LogP) is -1.11. The van der Waals surface area contributed by atoms with E-state index in [0.29, 0.717) is 0 Å². The third-order valence-corrected chi connectivity index (χ3v) is 7.87. The molecule has 2 amide bonds. The zero-order chi connectivity index (χ0) is 24.1. The molecule has 0 bridgehead atoms. The highest BCUT2D eigenvalue weighted by Crippen LogP contribution is 2.50. The molecule has 0 radical (unpaired) electrons. The number of aromatic nitrogens is 1. The maximum absolute atomic E-state index is 13.0. The zero-order valence-corrected chi connectivity index (χ0v) is 19.2. The van der Waals surface area contributed by atoms with Gasteiger partial charge >= 0.3 is 11.9 Å². The van der Waals surface area contributed by atoms with E-state index in [9.17, 15) is 24.3 Å². The first kappa shape index (κ1) is 23.3. The highest BCUT2D eigenvalue weighted by atomic mass is 32.2. The van der Waals surface area contributed by atoms with Crippen molar-refractivity contribution in [3.05, 3.63) is 11.1 Å². The van der Waals surface area contributed by atoms with Crippen LogP contribution in [0.5, 0.6) is 0 Å². The fourth-order valence-corrected chi connectivity index (χ4v) is 6.23. The number of nitrogen functional groups attached to an aromatic ring is 1. The van der Waals surface area contributed by atoms with Crippen molar-refractivity contribution in [2.45, 2.75) is 54.6 Å².